The molecule has 1 aromatic carbocycles. The SMILES string of the molecule is CCCCCCCCCCC#Cc1ccc(C(=O)OC)c(OC[C@H](CC(=O)N2CCOCC2)NC(=O)CN(C)C(=O)CP(=O)(OCC)OCC)c1. The molecule has 0 radical (unpaired) electrons. The molecule has 0 spiro atoms. The van der Waals surface area contributed by atoms with Gasteiger partial charge in [-0.15, -0.1) is 0 Å². The number of rotatable bonds is 23. The van der Waals surface area contributed by atoms with Gasteiger partial charge in [-0.3, -0.25) is 18.9 Å². The lowest BCUT2D eigenvalue weighted by molar-refractivity contribution is -0.137. The summed E-state index contributed by atoms with van der Waals surface area (Å²) in [6, 6.07) is 4.13. The van der Waals surface area contributed by atoms with Crippen LogP contribution in [0, 0.1) is 11.8 Å². The summed E-state index contributed by atoms with van der Waals surface area (Å²) in [6.07, 6.45) is 9.88. The van der Waals surface area contributed by atoms with Crippen molar-refractivity contribution < 1.29 is 47.0 Å². The van der Waals surface area contributed by atoms with Crippen LogP contribution in [0.2, 0.25) is 0 Å². The second-order valence-corrected chi connectivity index (χ2v) is 14.4. The van der Waals surface area contributed by atoms with Crippen LogP contribution in [0.4, 0.5) is 0 Å². The lowest BCUT2D eigenvalue weighted by atomic mass is 10.1. The summed E-state index contributed by atoms with van der Waals surface area (Å²) in [7, 11) is -0.997. The van der Waals surface area contributed by atoms with Crippen molar-refractivity contribution in [3.8, 4) is 17.6 Å². The van der Waals surface area contributed by atoms with Gasteiger partial charge in [0, 0.05) is 32.1 Å². The van der Waals surface area contributed by atoms with Crippen LogP contribution in [0.15, 0.2) is 18.2 Å². The molecule has 0 saturated carbocycles. The van der Waals surface area contributed by atoms with Crippen molar-refractivity contribution in [3.05, 3.63) is 29.3 Å². The first kappa shape index (κ1) is 43.7. The maximum atomic E-state index is 13.2. The quantitative estimate of drug-likeness (QED) is 0.0689. The number of likely N-dealkylation sites (N-methyl/N-ethyl adjacent to an activating group) is 1. The zero-order valence-corrected chi connectivity index (χ0v) is 32.1. The van der Waals surface area contributed by atoms with E-state index in [9.17, 15) is 23.7 Å². The molecule has 286 valence electrons. The Kier molecular flexibility index (Phi) is 21.2. The van der Waals surface area contributed by atoms with Gasteiger partial charge < -0.3 is 38.4 Å². The molecule has 13 nitrogen and oxygen atoms in total. The standard InChI is InChI=1S/C37H58N3O10P/c1-6-9-10-11-12-13-14-15-16-17-18-30-19-20-32(37(44)46-5)33(25-30)48-28-31(26-35(42)40-21-23-47-24-22-40)38-34(41)27-39(4)36(43)29-51(45,49-7-2)50-8-3/h19-20,25,31H,6-16,21-24,26-29H2,1-5H3,(H,38,41)/t31-/m0/s1. The van der Waals surface area contributed by atoms with Gasteiger partial charge in [-0.1, -0.05) is 63.7 Å². The monoisotopic (exact) mass is 735 g/mol. The predicted molar refractivity (Wildman–Crippen MR) is 195 cm³/mol. The molecule has 0 aliphatic carbocycles. The van der Waals surface area contributed by atoms with Gasteiger partial charge in [-0.05, 0) is 38.5 Å². The molecule has 1 fully saturated rings. The number of ether oxygens (including phenoxy) is 3. The number of esters is 1. The predicted octanol–water partition coefficient (Wildman–Crippen LogP) is 5.19. The second-order valence-electron chi connectivity index (χ2n) is 12.4. The van der Waals surface area contributed by atoms with Crippen molar-refractivity contribution in [2.75, 3.05) is 73.0 Å². The van der Waals surface area contributed by atoms with E-state index in [4.69, 9.17) is 23.3 Å². The number of amides is 3. The van der Waals surface area contributed by atoms with E-state index in [0.717, 1.165) is 24.2 Å². The minimum atomic E-state index is -3.67. The molecule has 1 atom stereocenters. The van der Waals surface area contributed by atoms with Crippen molar-refractivity contribution in [1.29, 1.82) is 0 Å². The fourth-order valence-corrected chi connectivity index (χ4v) is 7.01. The van der Waals surface area contributed by atoms with Crippen LogP contribution in [0.5, 0.6) is 5.75 Å². The number of benzene rings is 1. The molecule has 1 aliphatic heterocycles. The van der Waals surface area contributed by atoms with Crippen LogP contribution < -0.4 is 10.1 Å². The number of hydrogen-bond acceptors (Lipinski definition) is 10. The topological polar surface area (TPSA) is 150 Å². The molecular formula is C37H58N3O10P. The van der Waals surface area contributed by atoms with Crippen molar-refractivity contribution in [2.24, 2.45) is 0 Å². The highest BCUT2D eigenvalue weighted by molar-refractivity contribution is 7.54. The van der Waals surface area contributed by atoms with Gasteiger partial charge in [0.2, 0.25) is 17.7 Å². The molecule has 1 heterocycles. The van der Waals surface area contributed by atoms with E-state index in [-0.39, 0.29) is 50.0 Å². The number of morpholine rings is 1. The average Bonchev–Trinajstić information content (AvgIpc) is 3.11. The van der Waals surface area contributed by atoms with Crippen molar-refractivity contribution in [2.45, 2.75) is 91.0 Å². The molecule has 0 aromatic heterocycles. The molecule has 1 saturated heterocycles. The van der Waals surface area contributed by atoms with E-state index in [1.165, 1.54) is 52.7 Å². The largest absolute Gasteiger partial charge is 0.490 e. The smallest absolute Gasteiger partial charge is 0.341 e. The minimum Gasteiger partial charge on any atom is -0.490 e. The molecule has 1 N–H and O–H groups in total. The summed E-state index contributed by atoms with van der Waals surface area (Å²) >= 11 is 0. The Labute approximate surface area is 303 Å². The third-order valence-corrected chi connectivity index (χ3v) is 10.1. The fourth-order valence-electron chi connectivity index (χ4n) is 5.39. The van der Waals surface area contributed by atoms with Crippen LogP contribution in [0.25, 0.3) is 0 Å². The van der Waals surface area contributed by atoms with Crippen LogP contribution in [0.1, 0.15) is 101 Å². The van der Waals surface area contributed by atoms with Gasteiger partial charge in [-0.2, -0.15) is 0 Å². The van der Waals surface area contributed by atoms with E-state index in [0.29, 0.717) is 31.9 Å². The zero-order chi connectivity index (χ0) is 37.5. The van der Waals surface area contributed by atoms with E-state index >= 15 is 0 Å². The molecule has 0 bridgehead atoms. The molecule has 14 heteroatoms. The summed E-state index contributed by atoms with van der Waals surface area (Å²) in [5.74, 6) is 4.58. The Morgan fingerprint density at radius 1 is 0.980 bits per heavy atom. The third kappa shape index (κ3) is 17.1. The Bertz CT molecular complexity index is 1350. The van der Waals surface area contributed by atoms with Gasteiger partial charge in [0.25, 0.3) is 0 Å². The van der Waals surface area contributed by atoms with Crippen molar-refractivity contribution in [1.82, 2.24) is 15.1 Å². The van der Waals surface area contributed by atoms with E-state index in [1.807, 2.05) is 0 Å². The van der Waals surface area contributed by atoms with Crippen LogP contribution in [-0.4, -0.2) is 113 Å². The maximum absolute atomic E-state index is 13.2. The fraction of sp³-hybridized carbons (Fsp3) is 0.676. The highest BCUT2D eigenvalue weighted by Gasteiger charge is 2.30. The molecule has 51 heavy (non-hydrogen) atoms. The number of nitrogens with zero attached hydrogens (tertiary/aromatic N) is 2. The first-order chi connectivity index (χ1) is 24.5. The Morgan fingerprint density at radius 2 is 1.63 bits per heavy atom. The van der Waals surface area contributed by atoms with Gasteiger partial charge in [0.1, 0.15) is 24.1 Å². The number of carbonyl (C=O) groups excluding carboxylic acids is 4. The van der Waals surface area contributed by atoms with Crippen LogP contribution >= 0.6 is 7.60 Å². The number of nitrogens with one attached hydrogen (secondary N) is 1. The maximum Gasteiger partial charge on any atom is 0.341 e. The normalized spacial score (nSPS) is 13.5. The first-order valence-corrected chi connectivity index (χ1v) is 19.9. The Balaban J connectivity index is 2.13. The van der Waals surface area contributed by atoms with E-state index in [1.54, 1.807) is 36.9 Å². The minimum absolute atomic E-state index is 0.0973. The highest BCUT2D eigenvalue weighted by Crippen LogP contribution is 2.47. The molecule has 1 aliphatic rings. The van der Waals surface area contributed by atoms with Gasteiger partial charge in [0.05, 0.1) is 52.5 Å². The van der Waals surface area contributed by atoms with E-state index in [2.05, 4.69) is 24.1 Å². The molecule has 0 unspecified atom stereocenters. The first-order valence-electron chi connectivity index (χ1n) is 18.2. The van der Waals surface area contributed by atoms with Crippen LogP contribution in [0.3, 0.4) is 0 Å². The molecular weight excluding hydrogens is 677 g/mol. The number of carbonyl (C=O) groups is 4. The summed E-state index contributed by atoms with van der Waals surface area (Å²) < 4.78 is 39.7. The average molecular weight is 736 g/mol. The molecule has 1 aromatic rings. The zero-order valence-electron chi connectivity index (χ0n) is 31.2. The lowest BCUT2D eigenvalue weighted by Gasteiger charge is -2.29. The van der Waals surface area contributed by atoms with Gasteiger partial charge in [0.15, 0.2) is 0 Å². The van der Waals surface area contributed by atoms with Crippen LogP contribution in [-0.2, 0) is 37.5 Å². The summed E-state index contributed by atoms with van der Waals surface area (Å²) in [5, 5.41) is 2.79. The second kappa shape index (κ2) is 24.7. The van der Waals surface area contributed by atoms with E-state index < -0.39 is 37.6 Å². The molecule has 2 rings (SSSR count). The van der Waals surface area contributed by atoms with Crippen molar-refractivity contribution in [3.63, 3.8) is 0 Å². The van der Waals surface area contributed by atoms with Gasteiger partial charge in [-0.25, -0.2) is 4.79 Å². The lowest BCUT2D eigenvalue weighted by Crippen LogP contribution is -2.49. The molecule has 3 amide bonds. The number of methoxy groups -OCH3 is 1. The number of unbranched alkanes of at least 4 members (excludes halogenated alkanes) is 8. The van der Waals surface area contributed by atoms with Gasteiger partial charge >= 0.3 is 13.6 Å². The number of hydrogen-bond donors (Lipinski definition) is 1. The summed E-state index contributed by atoms with van der Waals surface area (Å²) in [6.45, 7) is 6.82. The Morgan fingerprint density at radius 3 is 2.25 bits per heavy atom. The van der Waals surface area contributed by atoms with Crippen molar-refractivity contribution >= 4 is 31.3 Å². The Hall–Kier alpha value is -3.43. The third-order valence-electron chi connectivity index (χ3n) is 8.15. The summed E-state index contributed by atoms with van der Waals surface area (Å²) in [5.41, 5.74) is 0.827. The summed E-state index contributed by atoms with van der Waals surface area (Å²) in [4.78, 5) is 54.6. The highest BCUT2D eigenvalue weighted by atomic mass is 31.2.